The van der Waals surface area contributed by atoms with Gasteiger partial charge in [-0.15, -0.1) is 6.58 Å². The van der Waals surface area contributed by atoms with Crippen molar-refractivity contribution < 1.29 is 9.90 Å². The summed E-state index contributed by atoms with van der Waals surface area (Å²) < 4.78 is 0. The number of carboxylic acids is 1. The van der Waals surface area contributed by atoms with E-state index in [9.17, 15) is 4.79 Å². The molecule has 2 nitrogen and oxygen atoms in total. The summed E-state index contributed by atoms with van der Waals surface area (Å²) in [5.74, 6) is -0.835. The summed E-state index contributed by atoms with van der Waals surface area (Å²) in [5.41, 5.74) is 0.874. The van der Waals surface area contributed by atoms with E-state index in [0.717, 1.165) is 5.57 Å². The highest BCUT2D eigenvalue weighted by atomic mass is 79.9. The van der Waals surface area contributed by atoms with E-state index >= 15 is 0 Å². The molecule has 1 N–H and O–H groups in total. The Kier molecular flexibility index (Phi) is 3.54. The molecule has 9 heavy (non-hydrogen) atoms. The van der Waals surface area contributed by atoms with Crippen molar-refractivity contribution in [2.75, 3.05) is 0 Å². The molecule has 52 valence electrons. The molecule has 0 bridgehead atoms. The van der Waals surface area contributed by atoms with Gasteiger partial charge in [0.2, 0.25) is 0 Å². The summed E-state index contributed by atoms with van der Waals surface area (Å²) >= 11 is 2.98. The highest BCUT2D eigenvalue weighted by molar-refractivity contribution is 9.10. The van der Waals surface area contributed by atoms with Gasteiger partial charge in [0.25, 0.3) is 0 Å². The maximum absolute atomic E-state index is 10.1. The first kappa shape index (κ1) is 8.69. The van der Waals surface area contributed by atoms with Crippen molar-refractivity contribution in [3.8, 4) is 0 Å². The summed E-state index contributed by atoms with van der Waals surface area (Å²) in [5, 5.41) is 8.34. The Hall–Kier alpha value is -0.310. The number of alkyl halides is 1. The zero-order chi connectivity index (χ0) is 7.44. The van der Waals surface area contributed by atoms with Gasteiger partial charge in [-0.05, 0) is 13.3 Å². The van der Waals surface area contributed by atoms with Crippen LogP contribution in [-0.2, 0) is 4.79 Å². The van der Waals surface area contributed by atoms with Gasteiger partial charge in [-0.1, -0.05) is 21.5 Å². The number of halogens is 1. The van der Waals surface area contributed by atoms with Crippen LogP contribution in [0.25, 0.3) is 0 Å². The number of carboxylic acid groups (broad SMARTS) is 1. The topological polar surface area (TPSA) is 37.3 Å². The minimum absolute atomic E-state index is 0.477. The summed E-state index contributed by atoms with van der Waals surface area (Å²) in [6.45, 7) is 5.39. The first-order valence-electron chi connectivity index (χ1n) is 2.55. The highest BCUT2D eigenvalue weighted by Crippen LogP contribution is 2.10. The van der Waals surface area contributed by atoms with Gasteiger partial charge in [0.1, 0.15) is 4.83 Å². The van der Waals surface area contributed by atoms with E-state index in [1.165, 1.54) is 0 Å². The van der Waals surface area contributed by atoms with Gasteiger partial charge in [0.05, 0.1) is 0 Å². The molecule has 0 aliphatic heterocycles. The second-order valence-electron chi connectivity index (χ2n) is 1.97. The number of hydrogen-bond acceptors (Lipinski definition) is 1. The van der Waals surface area contributed by atoms with Crippen molar-refractivity contribution in [3.05, 3.63) is 12.2 Å². The van der Waals surface area contributed by atoms with Gasteiger partial charge in [-0.3, -0.25) is 4.79 Å². The molecule has 0 aromatic carbocycles. The number of aliphatic carboxylic acids is 1. The van der Waals surface area contributed by atoms with E-state index in [1.807, 2.05) is 0 Å². The maximum atomic E-state index is 10.1. The van der Waals surface area contributed by atoms with E-state index < -0.39 is 10.8 Å². The zero-order valence-electron chi connectivity index (χ0n) is 5.22. The quantitative estimate of drug-likeness (QED) is 0.548. The molecular weight excluding hydrogens is 184 g/mol. The average molecular weight is 193 g/mol. The fourth-order valence-corrected chi connectivity index (χ4v) is 0.946. The third-order valence-electron chi connectivity index (χ3n) is 0.796. The molecule has 1 atom stereocenters. The first-order valence-corrected chi connectivity index (χ1v) is 3.47. The van der Waals surface area contributed by atoms with Crippen LogP contribution in [0, 0.1) is 0 Å². The maximum Gasteiger partial charge on any atom is 0.317 e. The molecule has 0 saturated carbocycles. The van der Waals surface area contributed by atoms with Gasteiger partial charge in [0.15, 0.2) is 0 Å². The highest BCUT2D eigenvalue weighted by Gasteiger charge is 2.11. The van der Waals surface area contributed by atoms with Crippen molar-refractivity contribution in [3.63, 3.8) is 0 Å². The summed E-state index contributed by atoms with van der Waals surface area (Å²) in [6.07, 6.45) is 0.495. The summed E-state index contributed by atoms with van der Waals surface area (Å²) in [7, 11) is 0. The molecule has 0 aliphatic carbocycles. The van der Waals surface area contributed by atoms with Crippen LogP contribution in [-0.4, -0.2) is 15.9 Å². The fourth-order valence-electron chi connectivity index (χ4n) is 0.393. The van der Waals surface area contributed by atoms with Crippen molar-refractivity contribution in [1.82, 2.24) is 0 Å². The number of carbonyl (C=O) groups is 1. The second kappa shape index (κ2) is 3.67. The molecule has 0 spiro atoms. The minimum Gasteiger partial charge on any atom is -0.480 e. The molecule has 0 aromatic heterocycles. The van der Waals surface area contributed by atoms with Crippen molar-refractivity contribution >= 4 is 21.9 Å². The molecule has 0 saturated heterocycles. The van der Waals surface area contributed by atoms with Crippen molar-refractivity contribution in [1.29, 1.82) is 0 Å². The van der Waals surface area contributed by atoms with E-state index in [2.05, 4.69) is 22.5 Å². The standard InChI is InChI=1S/C6H9BrO2/c1-4(2)3-5(7)6(8)9/h5H,1,3H2,2H3,(H,8,9). The van der Waals surface area contributed by atoms with Crippen LogP contribution in [0.2, 0.25) is 0 Å². The zero-order valence-corrected chi connectivity index (χ0v) is 6.81. The van der Waals surface area contributed by atoms with Crippen LogP contribution < -0.4 is 0 Å². The normalized spacial score (nSPS) is 12.7. The molecule has 1 unspecified atom stereocenters. The summed E-state index contributed by atoms with van der Waals surface area (Å²) in [6, 6.07) is 0. The molecular formula is C6H9BrO2. The molecule has 0 aromatic rings. The van der Waals surface area contributed by atoms with Crippen molar-refractivity contribution in [2.45, 2.75) is 18.2 Å². The smallest absolute Gasteiger partial charge is 0.317 e. The number of allylic oxidation sites excluding steroid dienone is 1. The monoisotopic (exact) mass is 192 g/mol. The van der Waals surface area contributed by atoms with Crippen LogP contribution in [0.4, 0.5) is 0 Å². The predicted molar refractivity (Wildman–Crippen MR) is 39.8 cm³/mol. The largest absolute Gasteiger partial charge is 0.480 e. The van der Waals surface area contributed by atoms with E-state index in [-0.39, 0.29) is 0 Å². The third-order valence-corrected chi connectivity index (χ3v) is 1.51. The van der Waals surface area contributed by atoms with Gasteiger partial charge >= 0.3 is 5.97 Å². The fraction of sp³-hybridized carbons (Fsp3) is 0.500. The molecule has 0 rings (SSSR count). The lowest BCUT2D eigenvalue weighted by Gasteiger charge is -2.01. The number of hydrogen-bond donors (Lipinski definition) is 1. The van der Waals surface area contributed by atoms with Crippen LogP contribution in [0.3, 0.4) is 0 Å². The lowest BCUT2D eigenvalue weighted by atomic mass is 10.2. The lowest BCUT2D eigenvalue weighted by molar-refractivity contribution is -0.136. The summed E-state index contributed by atoms with van der Waals surface area (Å²) in [4.78, 5) is 9.67. The average Bonchev–Trinajstić information content (AvgIpc) is 1.63. The van der Waals surface area contributed by atoms with Crippen LogP contribution in [0.1, 0.15) is 13.3 Å². The minimum atomic E-state index is -0.835. The van der Waals surface area contributed by atoms with Gasteiger partial charge < -0.3 is 5.11 Å². The molecule has 0 aliphatic rings. The van der Waals surface area contributed by atoms with Crippen LogP contribution in [0.5, 0.6) is 0 Å². The Bertz CT molecular complexity index is 131. The number of rotatable bonds is 3. The van der Waals surface area contributed by atoms with Gasteiger partial charge in [0, 0.05) is 0 Å². The molecule has 0 fully saturated rings. The van der Waals surface area contributed by atoms with Crippen LogP contribution in [0.15, 0.2) is 12.2 Å². The van der Waals surface area contributed by atoms with Gasteiger partial charge in [-0.25, -0.2) is 0 Å². The Morgan fingerprint density at radius 3 is 2.44 bits per heavy atom. The second-order valence-corrected chi connectivity index (χ2v) is 3.07. The molecule has 0 radical (unpaired) electrons. The van der Waals surface area contributed by atoms with Gasteiger partial charge in [-0.2, -0.15) is 0 Å². The van der Waals surface area contributed by atoms with E-state index in [0.29, 0.717) is 6.42 Å². The Labute approximate surface area is 62.7 Å². The van der Waals surface area contributed by atoms with E-state index in [1.54, 1.807) is 6.92 Å². The first-order chi connectivity index (χ1) is 4.04. The van der Waals surface area contributed by atoms with Crippen LogP contribution >= 0.6 is 15.9 Å². The molecule has 0 amide bonds. The van der Waals surface area contributed by atoms with Crippen molar-refractivity contribution in [2.24, 2.45) is 0 Å². The lowest BCUT2D eigenvalue weighted by Crippen LogP contribution is -2.12. The predicted octanol–water partition coefficient (Wildman–Crippen LogP) is 1.80. The van der Waals surface area contributed by atoms with E-state index in [4.69, 9.17) is 5.11 Å². The Balaban J connectivity index is 3.63. The Morgan fingerprint density at radius 1 is 1.89 bits per heavy atom. The molecule has 3 heteroatoms. The Morgan fingerprint density at radius 2 is 2.33 bits per heavy atom. The SMILES string of the molecule is C=C(C)CC(Br)C(=O)O. The molecule has 0 heterocycles. The third kappa shape index (κ3) is 4.21.